The summed E-state index contributed by atoms with van der Waals surface area (Å²) in [4.78, 5) is 24.2. The van der Waals surface area contributed by atoms with E-state index in [1.54, 1.807) is 0 Å². The lowest BCUT2D eigenvalue weighted by atomic mass is 10.2. The topological polar surface area (TPSA) is 108 Å². The molecule has 1 amide bonds. The molecule has 2 atom stereocenters. The first-order valence-electron chi connectivity index (χ1n) is 8.21. The molecular formula is C16H20ClN3O5. The van der Waals surface area contributed by atoms with E-state index in [2.05, 4.69) is 4.90 Å². The molecule has 2 aliphatic heterocycles. The molecule has 0 radical (unpaired) electrons. The Morgan fingerprint density at radius 2 is 2.08 bits per heavy atom. The van der Waals surface area contributed by atoms with Gasteiger partial charge < -0.3 is 15.2 Å². The molecule has 1 aromatic rings. The molecule has 2 bridgehead atoms. The summed E-state index contributed by atoms with van der Waals surface area (Å²) in [6.07, 6.45) is 3.06. The lowest BCUT2D eigenvalue weighted by Crippen LogP contribution is -2.46. The second-order valence-electron chi connectivity index (χ2n) is 6.29. The van der Waals surface area contributed by atoms with Crippen molar-refractivity contribution in [2.75, 3.05) is 26.4 Å². The van der Waals surface area contributed by atoms with Gasteiger partial charge in [0.2, 0.25) is 5.91 Å². The summed E-state index contributed by atoms with van der Waals surface area (Å²) in [6.45, 7) is 2.76. The quantitative estimate of drug-likeness (QED) is 0.447. The van der Waals surface area contributed by atoms with Crippen molar-refractivity contribution in [1.29, 1.82) is 0 Å². The Morgan fingerprint density at radius 3 is 2.68 bits per heavy atom. The number of fused-ring (bicyclic) bond motifs is 2. The highest BCUT2D eigenvalue weighted by atomic mass is 35.5. The van der Waals surface area contributed by atoms with Crippen LogP contribution in [-0.2, 0) is 4.74 Å². The highest BCUT2D eigenvalue weighted by Crippen LogP contribution is 2.35. The Morgan fingerprint density at radius 1 is 1.40 bits per heavy atom. The average Bonchev–Trinajstić information content (AvgIpc) is 2.79. The minimum absolute atomic E-state index is 0.00248. The van der Waals surface area contributed by atoms with E-state index in [0.29, 0.717) is 18.7 Å². The van der Waals surface area contributed by atoms with Gasteiger partial charge in [-0.25, -0.2) is 0 Å². The van der Waals surface area contributed by atoms with Gasteiger partial charge in [-0.1, -0.05) is 11.6 Å². The zero-order chi connectivity index (χ0) is 18.0. The van der Waals surface area contributed by atoms with E-state index in [-0.39, 0.29) is 22.0 Å². The molecular weight excluding hydrogens is 350 g/mol. The maximum Gasteiger partial charge on any atom is 0.292 e. The first-order valence-corrected chi connectivity index (χ1v) is 8.59. The van der Waals surface area contributed by atoms with Crippen LogP contribution < -0.4 is 10.5 Å². The molecule has 2 N–H and O–H groups in total. The fourth-order valence-corrected chi connectivity index (χ4v) is 3.70. The number of nitro benzene ring substituents is 1. The van der Waals surface area contributed by atoms with E-state index < -0.39 is 10.8 Å². The van der Waals surface area contributed by atoms with Gasteiger partial charge in [0.1, 0.15) is 5.75 Å². The molecule has 8 nitrogen and oxygen atoms in total. The van der Waals surface area contributed by atoms with Crippen molar-refractivity contribution in [1.82, 2.24) is 4.90 Å². The summed E-state index contributed by atoms with van der Waals surface area (Å²) in [6, 6.07) is 3.35. The highest BCUT2D eigenvalue weighted by Gasteiger charge is 2.36. The van der Waals surface area contributed by atoms with Crippen LogP contribution in [0.1, 0.15) is 29.6 Å². The number of benzene rings is 1. The molecule has 2 fully saturated rings. The summed E-state index contributed by atoms with van der Waals surface area (Å²) in [5.74, 6) is -0.663. The minimum atomic E-state index is -0.769. The first kappa shape index (κ1) is 17.9. The number of hydrogen-bond acceptors (Lipinski definition) is 6. The number of halogens is 1. The second-order valence-corrected chi connectivity index (χ2v) is 6.67. The van der Waals surface area contributed by atoms with Gasteiger partial charge in [-0.2, -0.15) is 0 Å². The number of carbonyl (C=O) groups is 1. The van der Waals surface area contributed by atoms with Crippen LogP contribution in [-0.4, -0.2) is 54.2 Å². The largest absolute Gasteiger partial charge is 0.492 e. The normalized spacial score (nSPS) is 22.8. The third kappa shape index (κ3) is 3.86. The van der Waals surface area contributed by atoms with Crippen molar-refractivity contribution >= 4 is 23.2 Å². The van der Waals surface area contributed by atoms with E-state index >= 15 is 0 Å². The van der Waals surface area contributed by atoms with Crippen LogP contribution in [0.25, 0.3) is 0 Å². The third-order valence-corrected chi connectivity index (χ3v) is 5.09. The maximum atomic E-state index is 11.3. The fraction of sp³-hybridized carbons (Fsp3) is 0.562. The predicted molar refractivity (Wildman–Crippen MR) is 91.1 cm³/mol. The molecule has 136 valence electrons. The van der Waals surface area contributed by atoms with Crippen LogP contribution in [0.3, 0.4) is 0 Å². The molecule has 2 saturated heterocycles. The molecule has 0 aliphatic carbocycles. The Hall–Kier alpha value is -1.90. The van der Waals surface area contributed by atoms with Gasteiger partial charge in [0.05, 0.1) is 24.7 Å². The Kier molecular flexibility index (Phi) is 5.41. The third-order valence-electron chi connectivity index (χ3n) is 4.71. The number of primary amides is 1. The number of nitrogens with zero attached hydrogens (tertiary/aromatic N) is 2. The number of amides is 1. The van der Waals surface area contributed by atoms with Gasteiger partial charge in [0, 0.05) is 30.3 Å². The standard InChI is InChI=1S/C16H20ClN3O5/c17-15-13(20(22)23)6-10(16(18)21)7-14(15)25-5-1-4-19-11-2-3-12(19)9-24-8-11/h6-7,11-12H,1-5,8-9H2,(H2,18,21). The molecule has 25 heavy (non-hydrogen) atoms. The number of ether oxygens (including phenoxy) is 2. The maximum absolute atomic E-state index is 11.3. The Balaban J connectivity index is 1.61. The molecule has 2 unspecified atom stereocenters. The molecule has 0 aromatic heterocycles. The van der Waals surface area contributed by atoms with Crippen molar-refractivity contribution in [3.8, 4) is 5.75 Å². The smallest absolute Gasteiger partial charge is 0.292 e. The fourth-order valence-electron chi connectivity index (χ4n) is 3.47. The summed E-state index contributed by atoms with van der Waals surface area (Å²) in [7, 11) is 0. The first-order chi connectivity index (χ1) is 12.0. The van der Waals surface area contributed by atoms with Crippen molar-refractivity contribution in [3.63, 3.8) is 0 Å². The van der Waals surface area contributed by atoms with E-state index in [4.69, 9.17) is 26.8 Å². The molecule has 0 spiro atoms. The molecule has 2 aliphatic rings. The molecule has 0 saturated carbocycles. The number of rotatable bonds is 7. The second kappa shape index (κ2) is 7.55. The average molecular weight is 370 g/mol. The molecule has 2 heterocycles. The Labute approximate surface area is 150 Å². The van der Waals surface area contributed by atoms with Gasteiger partial charge in [-0.3, -0.25) is 19.8 Å². The van der Waals surface area contributed by atoms with E-state index in [0.717, 1.165) is 45.1 Å². The summed E-state index contributed by atoms with van der Waals surface area (Å²) < 4.78 is 11.1. The summed E-state index contributed by atoms with van der Waals surface area (Å²) >= 11 is 6.02. The molecule has 9 heteroatoms. The van der Waals surface area contributed by atoms with Crippen molar-refractivity contribution in [2.24, 2.45) is 5.73 Å². The van der Waals surface area contributed by atoms with Crippen LogP contribution in [0.2, 0.25) is 5.02 Å². The van der Waals surface area contributed by atoms with Crippen molar-refractivity contribution < 1.29 is 19.2 Å². The van der Waals surface area contributed by atoms with Gasteiger partial charge >= 0.3 is 0 Å². The van der Waals surface area contributed by atoms with E-state index in [9.17, 15) is 14.9 Å². The number of hydrogen-bond donors (Lipinski definition) is 1. The van der Waals surface area contributed by atoms with Crippen LogP contribution >= 0.6 is 11.6 Å². The number of carbonyl (C=O) groups excluding carboxylic acids is 1. The number of nitro groups is 1. The van der Waals surface area contributed by atoms with E-state index in [1.165, 1.54) is 6.07 Å². The van der Waals surface area contributed by atoms with Crippen LogP contribution in [0.4, 0.5) is 5.69 Å². The zero-order valence-electron chi connectivity index (χ0n) is 13.7. The molecule has 1 aromatic carbocycles. The number of morpholine rings is 1. The Bertz CT molecular complexity index is 668. The summed E-state index contributed by atoms with van der Waals surface area (Å²) in [5, 5.41) is 10.9. The lowest BCUT2D eigenvalue weighted by Gasteiger charge is -2.34. The zero-order valence-corrected chi connectivity index (χ0v) is 14.4. The number of nitrogens with two attached hydrogens (primary N) is 1. The van der Waals surface area contributed by atoms with Gasteiger partial charge in [-0.15, -0.1) is 0 Å². The molecule has 3 rings (SSSR count). The van der Waals surface area contributed by atoms with E-state index in [1.807, 2.05) is 0 Å². The van der Waals surface area contributed by atoms with Crippen LogP contribution in [0.5, 0.6) is 5.75 Å². The highest BCUT2D eigenvalue weighted by molar-refractivity contribution is 6.34. The van der Waals surface area contributed by atoms with Crippen molar-refractivity contribution in [3.05, 3.63) is 32.8 Å². The van der Waals surface area contributed by atoms with Gasteiger partial charge in [0.25, 0.3) is 5.69 Å². The van der Waals surface area contributed by atoms with Crippen LogP contribution in [0.15, 0.2) is 12.1 Å². The van der Waals surface area contributed by atoms with Crippen molar-refractivity contribution in [2.45, 2.75) is 31.3 Å². The minimum Gasteiger partial charge on any atom is -0.492 e. The van der Waals surface area contributed by atoms with Crippen LogP contribution in [0, 0.1) is 10.1 Å². The summed E-state index contributed by atoms with van der Waals surface area (Å²) in [5.41, 5.74) is 4.82. The SMILES string of the molecule is NC(=O)c1cc(OCCCN2C3CCC2COC3)c(Cl)c([N+](=O)[O-])c1. The monoisotopic (exact) mass is 369 g/mol. The lowest BCUT2D eigenvalue weighted by molar-refractivity contribution is -0.384. The predicted octanol–water partition coefficient (Wildman–Crippen LogP) is 1.98. The van der Waals surface area contributed by atoms with Gasteiger partial charge in [0.15, 0.2) is 5.02 Å². The van der Waals surface area contributed by atoms with Gasteiger partial charge in [-0.05, 0) is 25.3 Å².